The van der Waals surface area contributed by atoms with E-state index in [0.717, 1.165) is 0 Å². The van der Waals surface area contributed by atoms with E-state index in [0.29, 0.717) is 0 Å². The summed E-state index contributed by atoms with van der Waals surface area (Å²) in [7, 11) is -10.7. The second-order valence-electron chi connectivity index (χ2n) is 7.08. The van der Waals surface area contributed by atoms with E-state index in [1.807, 2.05) is 22.7 Å². The van der Waals surface area contributed by atoms with Crippen LogP contribution in [0.3, 0.4) is 0 Å². The molecule has 0 aliphatic rings. The van der Waals surface area contributed by atoms with Gasteiger partial charge >= 0.3 is 33.0 Å². The molecular weight excluding hydrogens is 475 g/mol. The zero-order chi connectivity index (χ0) is 22.1. The Balaban J connectivity index is 0.000000256. The Morgan fingerprint density at radius 2 is 0.935 bits per heavy atom. The van der Waals surface area contributed by atoms with Crippen molar-refractivity contribution in [1.29, 1.82) is 0 Å². The predicted octanol–water partition coefficient (Wildman–Crippen LogP) is 9.54. The molecule has 4 aromatic heterocycles. The molecule has 10 heteroatoms. The van der Waals surface area contributed by atoms with E-state index in [-0.39, 0.29) is 0 Å². The van der Waals surface area contributed by atoms with Crippen molar-refractivity contribution < 1.29 is 29.6 Å². The molecule has 0 amide bonds. The van der Waals surface area contributed by atoms with Gasteiger partial charge in [-0.1, -0.05) is 24.3 Å². The molecule has 0 aliphatic carbocycles. The zero-order valence-corrected chi connectivity index (χ0v) is 17.9. The summed E-state index contributed by atoms with van der Waals surface area (Å²) < 4.78 is 64.2. The van der Waals surface area contributed by atoms with Crippen LogP contribution in [-0.2, 0) is 0 Å². The third kappa shape index (κ3) is 4.18. The molecule has 0 saturated heterocycles. The number of aromatic nitrogens is 1. The fourth-order valence-corrected chi connectivity index (χ4v) is 5.68. The van der Waals surface area contributed by atoms with Crippen LogP contribution in [-0.4, -0.2) is 0 Å². The SMILES string of the molecule is F[P-](F)(F)(F)(F)F.c1cc2ccc3cc[n+]4ccc5ccc6ccsc6c5c4c3c2s1. The average Bonchev–Trinajstić information content (AvgIpc) is 3.33. The molecule has 1 nitrogen and oxygen atoms in total. The van der Waals surface area contributed by atoms with E-state index in [2.05, 4.69) is 76.1 Å². The first kappa shape index (κ1) is 20.4. The Morgan fingerprint density at radius 3 is 1.35 bits per heavy atom. The Hall–Kier alpha value is -2.48. The van der Waals surface area contributed by atoms with Crippen LogP contribution in [0.5, 0.6) is 0 Å². The van der Waals surface area contributed by atoms with Crippen LogP contribution in [0.4, 0.5) is 25.2 Å². The van der Waals surface area contributed by atoms with E-state index in [1.165, 1.54) is 47.2 Å². The average molecular weight is 487 g/mol. The van der Waals surface area contributed by atoms with Crippen LogP contribution in [0.15, 0.2) is 71.7 Å². The molecule has 4 heterocycles. The Morgan fingerprint density at radius 1 is 0.548 bits per heavy atom. The summed E-state index contributed by atoms with van der Waals surface area (Å²) in [4.78, 5) is 0. The summed E-state index contributed by atoms with van der Waals surface area (Å²) in [5, 5.41) is 12.4. The maximum absolute atomic E-state index is 10.7. The molecule has 0 fully saturated rings. The number of hydrogen-bond donors (Lipinski definition) is 0. The molecule has 0 bridgehead atoms. The van der Waals surface area contributed by atoms with Gasteiger partial charge in [-0.3, -0.25) is 0 Å². The summed E-state index contributed by atoms with van der Waals surface area (Å²) in [6.45, 7) is 0. The van der Waals surface area contributed by atoms with Crippen molar-refractivity contribution in [3.63, 3.8) is 0 Å². The van der Waals surface area contributed by atoms with Gasteiger partial charge in [0.15, 0.2) is 12.4 Å². The minimum Gasteiger partial charge on any atom is -0.166 e. The van der Waals surface area contributed by atoms with Gasteiger partial charge in [-0.15, -0.1) is 22.7 Å². The molecular formula is C21H12F6NPS2. The quantitative estimate of drug-likeness (QED) is 0.0870. The maximum atomic E-state index is 9.87. The van der Waals surface area contributed by atoms with Gasteiger partial charge in [0.2, 0.25) is 5.52 Å². The Bertz CT molecular complexity index is 1520. The van der Waals surface area contributed by atoms with Crippen LogP contribution >= 0.6 is 30.5 Å². The predicted molar refractivity (Wildman–Crippen MR) is 119 cm³/mol. The van der Waals surface area contributed by atoms with Crippen molar-refractivity contribution in [1.82, 2.24) is 0 Å². The largest absolute Gasteiger partial charge is 0.229 e. The molecule has 0 spiro atoms. The third-order valence-electron chi connectivity index (χ3n) is 4.87. The normalized spacial score (nSPS) is 14.6. The summed E-state index contributed by atoms with van der Waals surface area (Å²) >= 11 is 3.68. The van der Waals surface area contributed by atoms with E-state index >= 15 is 0 Å². The van der Waals surface area contributed by atoms with Gasteiger partial charge < -0.3 is 0 Å². The van der Waals surface area contributed by atoms with Crippen molar-refractivity contribution in [3.05, 3.63) is 71.7 Å². The fourth-order valence-electron chi connectivity index (χ4n) is 3.76. The monoisotopic (exact) mass is 487 g/mol. The van der Waals surface area contributed by atoms with Crippen molar-refractivity contribution in [2.45, 2.75) is 0 Å². The molecule has 0 N–H and O–H groups in total. The first-order chi connectivity index (χ1) is 14.3. The summed E-state index contributed by atoms with van der Waals surface area (Å²) in [6, 6.07) is 17.8. The van der Waals surface area contributed by atoms with Gasteiger partial charge in [-0.05, 0) is 44.4 Å². The van der Waals surface area contributed by atoms with Gasteiger partial charge in [-0.25, -0.2) is 0 Å². The number of pyridine rings is 2. The van der Waals surface area contributed by atoms with Gasteiger partial charge in [0.05, 0.1) is 10.8 Å². The number of rotatable bonds is 0. The van der Waals surface area contributed by atoms with Gasteiger partial charge in [-0.2, -0.15) is 4.40 Å². The van der Waals surface area contributed by atoms with Crippen molar-refractivity contribution in [2.75, 3.05) is 0 Å². The second kappa shape index (κ2) is 6.06. The van der Waals surface area contributed by atoms with Crippen LogP contribution in [0, 0.1) is 0 Å². The molecule has 31 heavy (non-hydrogen) atoms. The third-order valence-corrected chi connectivity index (χ3v) is 6.76. The minimum absolute atomic E-state index is 1.31. The molecule has 0 atom stereocenters. The zero-order valence-electron chi connectivity index (χ0n) is 15.4. The molecule has 6 aromatic rings. The molecule has 0 radical (unpaired) electrons. The van der Waals surface area contributed by atoms with Crippen LogP contribution < -0.4 is 4.40 Å². The summed E-state index contributed by atoms with van der Waals surface area (Å²) in [6.07, 6.45) is 4.37. The minimum atomic E-state index is -10.7. The van der Waals surface area contributed by atoms with E-state index in [1.54, 1.807) is 0 Å². The maximum Gasteiger partial charge on any atom is 0.229 e. The number of hydrogen-bond acceptors (Lipinski definition) is 2. The van der Waals surface area contributed by atoms with E-state index < -0.39 is 7.81 Å². The van der Waals surface area contributed by atoms with Crippen molar-refractivity contribution in [3.8, 4) is 0 Å². The molecule has 0 saturated carbocycles. The van der Waals surface area contributed by atoms with Crippen LogP contribution in [0.25, 0.3) is 47.2 Å². The standard InChI is InChI=1S/C21H12NS2.F6P/c1-3-15-7-11-23-20(15)17-13(1)5-9-22-10-6-14-2-4-16-8-12-24-21(16)18(14)19(17)22;1-7(2,3,4,5)6/h1-12H;/q+1;-1. The number of thiophene rings is 2. The fraction of sp³-hybridized carbons (Fsp3) is 0. The molecule has 6 rings (SSSR count). The van der Waals surface area contributed by atoms with Gasteiger partial charge in [0.1, 0.15) is 0 Å². The Kier molecular flexibility index (Phi) is 3.99. The smallest absolute Gasteiger partial charge is 0.166 e. The topological polar surface area (TPSA) is 4.10 Å². The van der Waals surface area contributed by atoms with Gasteiger partial charge in [0, 0.05) is 21.5 Å². The van der Waals surface area contributed by atoms with Crippen molar-refractivity contribution in [2.24, 2.45) is 0 Å². The van der Waals surface area contributed by atoms with Crippen LogP contribution in [0.1, 0.15) is 0 Å². The molecule has 160 valence electrons. The first-order valence-corrected chi connectivity index (χ1v) is 12.7. The van der Waals surface area contributed by atoms with E-state index in [4.69, 9.17) is 0 Å². The summed E-state index contributed by atoms with van der Waals surface area (Å²) in [5.74, 6) is 0. The van der Waals surface area contributed by atoms with Crippen LogP contribution in [0.2, 0.25) is 0 Å². The number of nitrogens with zero attached hydrogens (tertiary/aromatic N) is 1. The number of benzene rings is 2. The molecule has 2 aromatic carbocycles. The Labute approximate surface area is 179 Å². The number of halogens is 6. The van der Waals surface area contributed by atoms with Crippen molar-refractivity contribution >= 4 is 77.7 Å². The summed E-state index contributed by atoms with van der Waals surface area (Å²) in [5.41, 5.74) is 1.33. The van der Waals surface area contributed by atoms with Gasteiger partial charge in [0.25, 0.3) is 0 Å². The molecule has 0 unspecified atom stereocenters. The first-order valence-electron chi connectivity index (χ1n) is 8.94. The van der Waals surface area contributed by atoms with E-state index in [9.17, 15) is 25.2 Å². The number of fused-ring (bicyclic) bond motifs is 9. The molecule has 0 aliphatic heterocycles. The second-order valence-corrected chi connectivity index (χ2v) is 10.8.